The maximum Gasteiger partial charge on any atom is 0.227 e. The molecule has 0 unspecified atom stereocenters. The van der Waals surface area contributed by atoms with Crippen LogP contribution in [-0.4, -0.2) is 69.8 Å². The summed E-state index contributed by atoms with van der Waals surface area (Å²) in [6.07, 6.45) is 4.40. The number of piperidine rings is 1. The third kappa shape index (κ3) is 8.69. The van der Waals surface area contributed by atoms with Crippen LogP contribution < -0.4 is 20.1 Å². The molecule has 1 saturated heterocycles. The molecule has 1 aliphatic carbocycles. The van der Waals surface area contributed by atoms with Crippen LogP contribution in [0.4, 0.5) is 0 Å². The van der Waals surface area contributed by atoms with Gasteiger partial charge in [-0.15, -0.1) is 0 Å². The maximum absolute atomic E-state index is 13.6. The quantitative estimate of drug-likeness (QED) is 0.391. The van der Waals surface area contributed by atoms with Crippen molar-refractivity contribution in [1.29, 1.82) is 0 Å². The molecule has 1 aliphatic heterocycles. The molecule has 1 heterocycles. The Morgan fingerprint density at radius 3 is 2.51 bits per heavy atom. The number of methoxy groups -OCH3 is 2. The molecule has 1 saturated carbocycles. The van der Waals surface area contributed by atoms with Crippen LogP contribution in [-0.2, 0) is 20.9 Å². The van der Waals surface area contributed by atoms with Crippen LogP contribution >= 0.6 is 0 Å². The average molecular weight is 490 g/mol. The molecule has 2 amide bonds. The van der Waals surface area contributed by atoms with E-state index >= 15 is 0 Å². The van der Waals surface area contributed by atoms with Gasteiger partial charge in [-0.3, -0.25) is 9.59 Å². The average Bonchev–Trinajstić information content (AvgIpc) is 3.70. The number of carbonyl (C=O) groups excluding carboxylic acids is 2. The molecule has 0 spiro atoms. The van der Waals surface area contributed by atoms with Crippen molar-refractivity contribution in [2.45, 2.75) is 58.5 Å². The largest absolute Gasteiger partial charge is 0.497 e. The molecule has 1 aromatic rings. The molecule has 196 valence electrons. The van der Waals surface area contributed by atoms with Gasteiger partial charge in [0.2, 0.25) is 11.8 Å². The highest BCUT2D eigenvalue weighted by Gasteiger charge is 2.39. The zero-order valence-corrected chi connectivity index (χ0v) is 21.8. The summed E-state index contributed by atoms with van der Waals surface area (Å²) >= 11 is 0. The summed E-state index contributed by atoms with van der Waals surface area (Å²) < 4.78 is 16.5. The molecule has 2 N–H and O–H groups in total. The lowest BCUT2D eigenvalue weighted by Gasteiger charge is -2.33. The molecule has 1 aromatic carbocycles. The van der Waals surface area contributed by atoms with Gasteiger partial charge in [0.1, 0.15) is 11.5 Å². The lowest BCUT2D eigenvalue weighted by molar-refractivity contribution is -0.138. The number of rotatable bonds is 14. The van der Waals surface area contributed by atoms with E-state index in [4.69, 9.17) is 14.2 Å². The van der Waals surface area contributed by atoms with E-state index in [1.54, 1.807) is 14.2 Å². The molecule has 2 fully saturated rings. The van der Waals surface area contributed by atoms with Crippen molar-refractivity contribution in [3.63, 3.8) is 0 Å². The van der Waals surface area contributed by atoms with Gasteiger partial charge in [0.05, 0.1) is 25.6 Å². The van der Waals surface area contributed by atoms with Crippen LogP contribution in [0.1, 0.15) is 51.5 Å². The maximum atomic E-state index is 13.6. The van der Waals surface area contributed by atoms with Gasteiger partial charge in [0.15, 0.2) is 0 Å². The van der Waals surface area contributed by atoms with Crippen molar-refractivity contribution in [3.05, 3.63) is 23.8 Å². The fraction of sp³-hybridized carbons (Fsp3) is 0.704. The second-order valence-electron chi connectivity index (χ2n) is 10.2. The minimum Gasteiger partial charge on any atom is -0.497 e. The van der Waals surface area contributed by atoms with Gasteiger partial charge >= 0.3 is 0 Å². The zero-order valence-electron chi connectivity index (χ0n) is 21.8. The number of benzene rings is 1. The van der Waals surface area contributed by atoms with Crippen LogP contribution in [0, 0.1) is 17.8 Å². The molecule has 2 aliphatic rings. The van der Waals surface area contributed by atoms with Crippen LogP contribution in [0.2, 0.25) is 0 Å². The van der Waals surface area contributed by atoms with Gasteiger partial charge < -0.3 is 29.7 Å². The first-order valence-corrected chi connectivity index (χ1v) is 13.0. The van der Waals surface area contributed by atoms with Crippen molar-refractivity contribution in [3.8, 4) is 11.5 Å². The SMILES string of the molecule is COCCCOc1cc(CN(C(=O)[C@@H]2CNC[C@@H](C(=O)NCCC(C)C)C2)C2CC2)cc(OC)c1. The second kappa shape index (κ2) is 13.7. The number of nitrogens with one attached hydrogen (secondary N) is 2. The molecule has 2 atom stereocenters. The summed E-state index contributed by atoms with van der Waals surface area (Å²) in [4.78, 5) is 28.3. The van der Waals surface area contributed by atoms with Crippen molar-refractivity contribution in [2.75, 3.05) is 47.1 Å². The summed E-state index contributed by atoms with van der Waals surface area (Å²) in [6.45, 7) is 7.93. The van der Waals surface area contributed by atoms with E-state index in [-0.39, 0.29) is 29.7 Å². The first-order chi connectivity index (χ1) is 16.9. The minimum atomic E-state index is -0.194. The third-order valence-electron chi connectivity index (χ3n) is 6.65. The van der Waals surface area contributed by atoms with Crippen LogP contribution in [0.5, 0.6) is 11.5 Å². The van der Waals surface area contributed by atoms with Gasteiger partial charge in [-0.25, -0.2) is 0 Å². The van der Waals surface area contributed by atoms with Crippen molar-refractivity contribution in [2.24, 2.45) is 17.8 Å². The molecule has 8 nitrogen and oxygen atoms in total. The van der Waals surface area contributed by atoms with E-state index < -0.39 is 0 Å². The van der Waals surface area contributed by atoms with Crippen LogP contribution in [0.15, 0.2) is 18.2 Å². The van der Waals surface area contributed by atoms with Gasteiger partial charge in [0, 0.05) is 58.4 Å². The molecule has 0 bridgehead atoms. The van der Waals surface area contributed by atoms with Crippen molar-refractivity contribution >= 4 is 11.8 Å². The first kappa shape index (κ1) is 27.3. The lowest BCUT2D eigenvalue weighted by atomic mass is 9.88. The Bertz CT molecular complexity index is 827. The predicted molar refractivity (Wildman–Crippen MR) is 135 cm³/mol. The van der Waals surface area contributed by atoms with E-state index in [2.05, 4.69) is 24.5 Å². The third-order valence-corrected chi connectivity index (χ3v) is 6.65. The number of amides is 2. The van der Waals surface area contributed by atoms with Crippen molar-refractivity contribution < 1.29 is 23.8 Å². The fourth-order valence-electron chi connectivity index (χ4n) is 4.48. The summed E-state index contributed by atoms with van der Waals surface area (Å²) in [5, 5.41) is 6.38. The van der Waals surface area contributed by atoms with E-state index in [9.17, 15) is 9.59 Å². The van der Waals surface area contributed by atoms with Gasteiger partial charge in [-0.2, -0.15) is 0 Å². The number of hydrogen-bond donors (Lipinski definition) is 2. The highest BCUT2D eigenvalue weighted by Crippen LogP contribution is 2.33. The Kier molecular flexibility index (Phi) is 10.7. The standard InChI is InChI=1S/C27H43N3O5/c1-19(2)8-9-29-26(31)21-14-22(17-28-16-21)27(32)30(23-6-7-23)18-20-12-24(34-4)15-25(13-20)35-11-5-10-33-3/h12-13,15,19,21-23,28H,5-11,14,16-18H2,1-4H3,(H,29,31)/t21-,22-/m0/s1. The van der Waals surface area contributed by atoms with E-state index in [1.165, 1.54) is 0 Å². The highest BCUT2D eigenvalue weighted by molar-refractivity contribution is 5.83. The van der Waals surface area contributed by atoms with Gasteiger partial charge in [-0.05, 0) is 49.3 Å². The van der Waals surface area contributed by atoms with E-state index in [0.717, 1.165) is 37.0 Å². The smallest absolute Gasteiger partial charge is 0.227 e. The lowest BCUT2D eigenvalue weighted by Crippen LogP contribution is -2.49. The zero-order chi connectivity index (χ0) is 25.2. The number of carbonyl (C=O) groups is 2. The summed E-state index contributed by atoms with van der Waals surface area (Å²) in [5.74, 6) is 1.81. The Labute approximate surface area is 210 Å². The van der Waals surface area contributed by atoms with Gasteiger partial charge in [-0.1, -0.05) is 13.8 Å². The van der Waals surface area contributed by atoms with Gasteiger partial charge in [0.25, 0.3) is 0 Å². The minimum absolute atomic E-state index is 0.0525. The number of ether oxygens (including phenoxy) is 3. The molecule has 35 heavy (non-hydrogen) atoms. The Morgan fingerprint density at radius 2 is 1.83 bits per heavy atom. The highest BCUT2D eigenvalue weighted by atomic mass is 16.5. The number of nitrogens with zero attached hydrogens (tertiary/aromatic N) is 1. The van der Waals surface area contributed by atoms with E-state index in [1.807, 2.05) is 23.1 Å². The number of hydrogen-bond acceptors (Lipinski definition) is 6. The first-order valence-electron chi connectivity index (χ1n) is 13.0. The summed E-state index contributed by atoms with van der Waals surface area (Å²) in [6, 6.07) is 6.09. The topological polar surface area (TPSA) is 89.1 Å². The second-order valence-corrected chi connectivity index (χ2v) is 10.2. The summed E-state index contributed by atoms with van der Waals surface area (Å²) in [5.41, 5.74) is 0.984. The van der Waals surface area contributed by atoms with E-state index in [0.29, 0.717) is 57.5 Å². The van der Waals surface area contributed by atoms with Crippen molar-refractivity contribution in [1.82, 2.24) is 15.5 Å². The Morgan fingerprint density at radius 1 is 1.09 bits per heavy atom. The normalized spacial score (nSPS) is 19.9. The van der Waals surface area contributed by atoms with Crippen LogP contribution in [0.25, 0.3) is 0 Å². The molecular formula is C27H43N3O5. The molecule has 0 aromatic heterocycles. The molecule has 8 heteroatoms. The molecule has 3 rings (SSSR count). The van der Waals surface area contributed by atoms with Crippen LogP contribution in [0.3, 0.4) is 0 Å². The summed E-state index contributed by atoms with van der Waals surface area (Å²) in [7, 11) is 3.31. The molecular weight excluding hydrogens is 446 g/mol. The predicted octanol–water partition coefficient (Wildman–Crippen LogP) is 2.99. The molecule has 0 radical (unpaired) electrons. The Balaban J connectivity index is 1.63. The monoisotopic (exact) mass is 489 g/mol. The Hall–Kier alpha value is -2.32. The fourth-order valence-corrected chi connectivity index (χ4v) is 4.48.